The van der Waals surface area contributed by atoms with Gasteiger partial charge in [0.05, 0.1) is 30.7 Å². The number of amides is 2. The summed E-state index contributed by atoms with van der Waals surface area (Å²) in [7, 11) is 1.64. The van der Waals surface area contributed by atoms with Crippen molar-refractivity contribution in [1.82, 2.24) is 25.1 Å². The first-order chi connectivity index (χ1) is 17.0. The molecule has 186 valence electrons. The van der Waals surface area contributed by atoms with E-state index in [9.17, 15) is 14.0 Å². The van der Waals surface area contributed by atoms with Gasteiger partial charge in [0, 0.05) is 38.9 Å². The molecule has 12 heteroatoms. The van der Waals surface area contributed by atoms with E-state index in [0.717, 1.165) is 11.1 Å². The molecule has 0 radical (unpaired) electrons. The molecule has 1 aromatic carbocycles. The average molecular weight is 502 g/mol. The van der Waals surface area contributed by atoms with E-state index in [4.69, 9.17) is 4.74 Å². The molecule has 10 nitrogen and oxygen atoms in total. The number of rotatable bonds is 11. The summed E-state index contributed by atoms with van der Waals surface area (Å²) in [6.07, 6.45) is 1.83. The van der Waals surface area contributed by atoms with Gasteiger partial charge in [0.15, 0.2) is 10.8 Å². The zero-order chi connectivity index (χ0) is 24.8. The first kappa shape index (κ1) is 24.9. The zero-order valence-electron chi connectivity index (χ0n) is 19.7. The predicted octanol–water partition coefficient (Wildman–Crippen LogP) is 2.30. The average Bonchev–Trinajstić information content (AvgIpc) is 3.44. The van der Waals surface area contributed by atoms with Gasteiger partial charge in [0.25, 0.3) is 0 Å². The molecule has 0 spiro atoms. The second kappa shape index (κ2) is 11.5. The van der Waals surface area contributed by atoms with Crippen LogP contribution in [0.5, 0.6) is 0 Å². The van der Waals surface area contributed by atoms with Crippen molar-refractivity contribution in [2.45, 2.75) is 25.0 Å². The molecule has 3 heterocycles. The summed E-state index contributed by atoms with van der Waals surface area (Å²) in [5.41, 5.74) is 1.27. The maximum atomic E-state index is 13.2. The third kappa shape index (κ3) is 5.88. The highest BCUT2D eigenvalue weighted by Gasteiger charge is 2.35. The molecule has 35 heavy (non-hydrogen) atoms. The number of anilines is 2. The van der Waals surface area contributed by atoms with Gasteiger partial charge in [-0.15, -0.1) is 0 Å². The van der Waals surface area contributed by atoms with E-state index in [1.54, 1.807) is 30.1 Å². The number of methoxy groups -OCH3 is 1. The summed E-state index contributed by atoms with van der Waals surface area (Å²) >= 11 is 1.54. The van der Waals surface area contributed by atoms with Crippen LogP contribution in [0, 0.1) is 11.7 Å². The van der Waals surface area contributed by atoms with Crippen molar-refractivity contribution >= 4 is 46.1 Å². The molecule has 0 aliphatic carbocycles. The van der Waals surface area contributed by atoms with Crippen molar-refractivity contribution in [2.75, 3.05) is 49.3 Å². The van der Waals surface area contributed by atoms with Crippen LogP contribution >= 0.6 is 11.8 Å². The standard InChI is InChI=1S/C23H28FN7O3S/c1-3-35-23-28-20(25-9-11-34-2)18-13-27-31(21(18)29-23)10-8-26-22(33)15-12-19(32)30(14-15)17-6-4-16(24)5-7-17/h4-7,13,15H,3,8-12,14H2,1-2H3,(H,26,33)(H,25,28,29). The molecular formula is C23H28FN7O3S. The molecule has 0 bridgehead atoms. The number of nitrogens with zero attached hydrogens (tertiary/aromatic N) is 5. The van der Waals surface area contributed by atoms with Crippen LogP contribution in [0.1, 0.15) is 13.3 Å². The minimum atomic E-state index is -0.464. The van der Waals surface area contributed by atoms with Gasteiger partial charge >= 0.3 is 0 Å². The molecule has 1 unspecified atom stereocenters. The van der Waals surface area contributed by atoms with Gasteiger partial charge in [-0.1, -0.05) is 18.7 Å². The van der Waals surface area contributed by atoms with E-state index in [-0.39, 0.29) is 30.6 Å². The highest BCUT2D eigenvalue weighted by atomic mass is 32.2. The lowest BCUT2D eigenvalue weighted by molar-refractivity contribution is -0.126. The molecule has 2 N–H and O–H groups in total. The Morgan fingerprint density at radius 1 is 1.26 bits per heavy atom. The molecule has 4 rings (SSSR count). The van der Waals surface area contributed by atoms with Crippen molar-refractivity contribution in [3.05, 3.63) is 36.3 Å². The molecule has 1 aliphatic heterocycles. The van der Waals surface area contributed by atoms with Crippen LogP contribution in [0.3, 0.4) is 0 Å². The van der Waals surface area contributed by atoms with E-state index >= 15 is 0 Å². The maximum Gasteiger partial charge on any atom is 0.227 e. The van der Waals surface area contributed by atoms with Crippen molar-refractivity contribution in [1.29, 1.82) is 0 Å². The number of halogens is 1. The van der Waals surface area contributed by atoms with Gasteiger partial charge in [-0.25, -0.2) is 19.0 Å². The Morgan fingerprint density at radius 3 is 2.80 bits per heavy atom. The Hall–Kier alpha value is -3.25. The van der Waals surface area contributed by atoms with Crippen LogP contribution < -0.4 is 15.5 Å². The quantitative estimate of drug-likeness (QED) is 0.234. The van der Waals surface area contributed by atoms with Crippen molar-refractivity contribution in [3.63, 3.8) is 0 Å². The van der Waals surface area contributed by atoms with Gasteiger partial charge in [0.2, 0.25) is 11.8 Å². The third-order valence-corrected chi connectivity index (χ3v) is 6.33. The Kier molecular flexibility index (Phi) is 8.13. The van der Waals surface area contributed by atoms with Crippen LogP contribution in [-0.2, 0) is 20.9 Å². The van der Waals surface area contributed by atoms with Crippen LogP contribution in [-0.4, -0.2) is 70.7 Å². The number of ether oxygens (including phenoxy) is 1. The molecule has 3 aromatic rings. The molecule has 2 aromatic heterocycles. The van der Waals surface area contributed by atoms with Crippen molar-refractivity contribution < 1.29 is 18.7 Å². The summed E-state index contributed by atoms with van der Waals surface area (Å²) < 4.78 is 20.0. The predicted molar refractivity (Wildman–Crippen MR) is 132 cm³/mol. The number of fused-ring (bicyclic) bond motifs is 1. The number of thioether (sulfide) groups is 1. The minimum absolute atomic E-state index is 0.120. The topological polar surface area (TPSA) is 114 Å². The van der Waals surface area contributed by atoms with Gasteiger partial charge < -0.3 is 20.3 Å². The van der Waals surface area contributed by atoms with Crippen LogP contribution in [0.2, 0.25) is 0 Å². The van der Waals surface area contributed by atoms with E-state index in [0.29, 0.717) is 48.6 Å². The van der Waals surface area contributed by atoms with Gasteiger partial charge in [-0.3, -0.25) is 9.59 Å². The summed E-state index contributed by atoms with van der Waals surface area (Å²) in [5.74, 6) is 0.350. The lowest BCUT2D eigenvalue weighted by Gasteiger charge is -2.16. The smallest absolute Gasteiger partial charge is 0.227 e. The number of carbonyl (C=O) groups is 2. The largest absolute Gasteiger partial charge is 0.383 e. The summed E-state index contributed by atoms with van der Waals surface area (Å²) in [4.78, 5) is 35.9. The summed E-state index contributed by atoms with van der Waals surface area (Å²) in [6.45, 7) is 4.21. The van der Waals surface area contributed by atoms with Crippen LogP contribution in [0.15, 0.2) is 35.6 Å². The number of aromatic nitrogens is 4. The highest BCUT2D eigenvalue weighted by molar-refractivity contribution is 7.99. The first-order valence-electron chi connectivity index (χ1n) is 11.4. The fourth-order valence-electron chi connectivity index (χ4n) is 3.88. The number of hydrogen-bond donors (Lipinski definition) is 2. The lowest BCUT2D eigenvalue weighted by Crippen LogP contribution is -2.35. The van der Waals surface area contributed by atoms with Crippen molar-refractivity contribution in [3.8, 4) is 0 Å². The van der Waals surface area contributed by atoms with Gasteiger partial charge in [-0.2, -0.15) is 5.10 Å². The van der Waals surface area contributed by atoms with Crippen LogP contribution in [0.25, 0.3) is 11.0 Å². The first-order valence-corrected chi connectivity index (χ1v) is 12.4. The molecule has 2 amide bonds. The normalized spacial score (nSPS) is 15.7. The summed E-state index contributed by atoms with van der Waals surface area (Å²) in [6, 6.07) is 5.69. The lowest BCUT2D eigenvalue weighted by atomic mass is 10.1. The second-order valence-electron chi connectivity index (χ2n) is 7.99. The minimum Gasteiger partial charge on any atom is -0.383 e. The fourth-order valence-corrected chi connectivity index (χ4v) is 4.45. The van der Waals surface area contributed by atoms with E-state index in [1.165, 1.54) is 28.8 Å². The zero-order valence-corrected chi connectivity index (χ0v) is 20.5. The number of benzene rings is 1. The molecule has 1 fully saturated rings. The molecule has 1 atom stereocenters. The van der Waals surface area contributed by atoms with Crippen molar-refractivity contribution in [2.24, 2.45) is 5.92 Å². The van der Waals surface area contributed by atoms with E-state index in [1.807, 2.05) is 6.92 Å². The molecule has 1 aliphatic rings. The Labute approximate surface area is 206 Å². The molecular weight excluding hydrogens is 473 g/mol. The Balaban J connectivity index is 1.38. The second-order valence-corrected chi connectivity index (χ2v) is 9.22. The molecule has 0 saturated carbocycles. The van der Waals surface area contributed by atoms with Gasteiger partial charge in [0.1, 0.15) is 11.6 Å². The number of nitrogens with one attached hydrogen (secondary N) is 2. The number of hydrogen-bond acceptors (Lipinski definition) is 8. The fraction of sp³-hybridized carbons (Fsp3) is 0.435. The van der Waals surface area contributed by atoms with E-state index < -0.39 is 5.92 Å². The molecule has 1 saturated heterocycles. The maximum absolute atomic E-state index is 13.2. The number of carbonyl (C=O) groups excluding carboxylic acids is 2. The van der Waals surface area contributed by atoms with Crippen LogP contribution in [0.4, 0.5) is 15.9 Å². The van der Waals surface area contributed by atoms with E-state index in [2.05, 4.69) is 25.7 Å². The Bertz CT molecular complexity index is 1190. The third-order valence-electron chi connectivity index (χ3n) is 5.60. The highest BCUT2D eigenvalue weighted by Crippen LogP contribution is 2.26. The monoisotopic (exact) mass is 501 g/mol. The Morgan fingerprint density at radius 2 is 2.06 bits per heavy atom. The van der Waals surface area contributed by atoms with Gasteiger partial charge in [-0.05, 0) is 30.0 Å². The SMILES string of the molecule is CCSc1nc(NCCOC)c2cnn(CCNC(=O)C3CC(=O)N(c4ccc(F)cc4)C3)c2n1. The summed E-state index contributed by atoms with van der Waals surface area (Å²) in [5, 5.41) is 12.1.